The second-order valence-corrected chi connectivity index (χ2v) is 5.45. The van der Waals surface area contributed by atoms with E-state index >= 15 is 0 Å². The molecule has 1 fully saturated rings. The molecule has 114 valence electrons. The van der Waals surface area contributed by atoms with E-state index in [-0.39, 0.29) is 12.3 Å². The topological polar surface area (TPSA) is 70.8 Å². The summed E-state index contributed by atoms with van der Waals surface area (Å²) in [6.07, 6.45) is 2.10. The van der Waals surface area contributed by atoms with Gasteiger partial charge in [-0.3, -0.25) is 9.59 Å². The standard InChI is InChI=1S/C17H17NO4/c19-15-9-8-13(17(20)21)16(14-7-4-10-22-14)18(15)11-12-5-2-1-3-6-12/h1-7,10,13,16H,8-9,11H2,(H,20,21). The number of hydrogen-bond donors (Lipinski definition) is 1. The van der Waals surface area contributed by atoms with Crippen molar-refractivity contribution >= 4 is 11.9 Å². The minimum Gasteiger partial charge on any atom is -0.481 e. The number of hydrogen-bond acceptors (Lipinski definition) is 3. The lowest BCUT2D eigenvalue weighted by molar-refractivity contribution is -0.153. The maximum atomic E-state index is 12.4. The molecule has 1 aliphatic rings. The summed E-state index contributed by atoms with van der Waals surface area (Å²) in [4.78, 5) is 25.6. The van der Waals surface area contributed by atoms with Crippen molar-refractivity contribution in [1.82, 2.24) is 4.90 Å². The van der Waals surface area contributed by atoms with Gasteiger partial charge >= 0.3 is 5.97 Å². The molecular weight excluding hydrogens is 282 g/mol. The van der Waals surface area contributed by atoms with E-state index < -0.39 is 17.9 Å². The Morgan fingerprint density at radius 2 is 2.00 bits per heavy atom. The Morgan fingerprint density at radius 1 is 1.23 bits per heavy atom. The smallest absolute Gasteiger partial charge is 0.309 e. The first kappa shape index (κ1) is 14.4. The van der Waals surface area contributed by atoms with Crippen LogP contribution in [-0.2, 0) is 16.1 Å². The quantitative estimate of drug-likeness (QED) is 0.942. The van der Waals surface area contributed by atoms with Gasteiger partial charge in [-0.2, -0.15) is 0 Å². The molecule has 0 aliphatic carbocycles. The van der Waals surface area contributed by atoms with Gasteiger partial charge in [0, 0.05) is 13.0 Å². The van der Waals surface area contributed by atoms with Gasteiger partial charge in [0.1, 0.15) is 11.8 Å². The lowest BCUT2D eigenvalue weighted by atomic mass is 9.87. The number of carbonyl (C=O) groups excluding carboxylic acids is 1. The predicted molar refractivity (Wildman–Crippen MR) is 78.8 cm³/mol. The molecule has 0 bridgehead atoms. The number of carbonyl (C=O) groups is 2. The van der Waals surface area contributed by atoms with Gasteiger partial charge in [-0.15, -0.1) is 0 Å². The van der Waals surface area contributed by atoms with E-state index in [1.807, 2.05) is 30.3 Å². The van der Waals surface area contributed by atoms with Crippen LogP contribution in [0, 0.1) is 5.92 Å². The number of likely N-dealkylation sites (tertiary alicyclic amines) is 1. The highest BCUT2D eigenvalue weighted by molar-refractivity contribution is 5.81. The molecule has 5 nitrogen and oxygen atoms in total. The monoisotopic (exact) mass is 299 g/mol. The van der Waals surface area contributed by atoms with E-state index in [0.717, 1.165) is 5.56 Å². The van der Waals surface area contributed by atoms with E-state index in [9.17, 15) is 14.7 Å². The number of nitrogens with zero attached hydrogens (tertiary/aromatic N) is 1. The molecule has 1 amide bonds. The van der Waals surface area contributed by atoms with Crippen LogP contribution in [0.2, 0.25) is 0 Å². The largest absolute Gasteiger partial charge is 0.481 e. The van der Waals surface area contributed by atoms with Gasteiger partial charge < -0.3 is 14.4 Å². The van der Waals surface area contributed by atoms with Crippen molar-refractivity contribution in [1.29, 1.82) is 0 Å². The van der Waals surface area contributed by atoms with Crippen molar-refractivity contribution in [2.75, 3.05) is 0 Å². The highest BCUT2D eigenvalue weighted by atomic mass is 16.4. The number of carboxylic acids is 1. The molecule has 2 unspecified atom stereocenters. The Morgan fingerprint density at radius 3 is 2.64 bits per heavy atom. The number of rotatable bonds is 4. The summed E-state index contributed by atoms with van der Waals surface area (Å²) in [5.74, 6) is -1.06. The van der Waals surface area contributed by atoms with Crippen LogP contribution in [0.25, 0.3) is 0 Å². The van der Waals surface area contributed by atoms with Gasteiger partial charge in [-0.25, -0.2) is 0 Å². The minimum absolute atomic E-state index is 0.0391. The van der Waals surface area contributed by atoms with Crippen molar-refractivity contribution in [2.24, 2.45) is 5.92 Å². The summed E-state index contributed by atoms with van der Waals surface area (Å²) in [5, 5.41) is 9.50. The average molecular weight is 299 g/mol. The number of furan rings is 1. The number of carboxylic acid groups (broad SMARTS) is 1. The Labute approximate surface area is 128 Å². The molecule has 0 saturated carbocycles. The fourth-order valence-electron chi connectivity index (χ4n) is 2.99. The summed E-state index contributed by atoms with van der Waals surface area (Å²) in [5.41, 5.74) is 0.971. The van der Waals surface area contributed by atoms with Gasteiger partial charge in [-0.05, 0) is 24.1 Å². The molecule has 0 spiro atoms. The normalized spacial score (nSPS) is 21.8. The van der Waals surface area contributed by atoms with Crippen LogP contribution in [-0.4, -0.2) is 21.9 Å². The number of amides is 1. The summed E-state index contributed by atoms with van der Waals surface area (Å²) < 4.78 is 5.41. The van der Waals surface area contributed by atoms with E-state index in [4.69, 9.17) is 4.42 Å². The van der Waals surface area contributed by atoms with Crippen LogP contribution in [0.15, 0.2) is 53.1 Å². The molecule has 1 aromatic carbocycles. The van der Waals surface area contributed by atoms with Crippen molar-refractivity contribution in [3.8, 4) is 0 Å². The molecule has 1 saturated heterocycles. The lowest BCUT2D eigenvalue weighted by Gasteiger charge is -2.38. The number of piperidine rings is 1. The second kappa shape index (κ2) is 6.05. The molecule has 3 rings (SSSR count). The lowest BCUT2D eigenvalue weighted by Crippen LogP contribution is -2.44. The SMILES string of the molecule is O=C(O)C1CCC(=O)N(Cc2ccccc2)C1c1ccco1. The molecule has 22 heavy (non-hydrogen) atoms. The fraction of sp³-hybridized carbons (Fsp3) is 0.294. The maximum absolute atomic E-state index is 12.4. The maximum Gasteiger partial charge on any atom is 0.309 e. The van der Waals surface area contributed by atoms with Gasteiger partial charge in [0.15, 0.2) is 0 Å². The van der Waals surface area contributed by atoms with Gasteiger partial charge in [0.05, 0.1) is 12.2 Å². The molecule has 1 aromatic heterocycles. The molecule has 1 N–H and O–H groups in total. The van der Waals surface area contributed by atoms with Crippen molar-refractivity contribution in [3.63, 3.8) is 0 Å². The van der Waals surface area contributed by atoms with Crippen molar-refractivity contribution in [2.45, 2.75) is 25.4 Å². The first-order chi connectivity index (χ1) is 10.7. The third kappa shape index (κ3) is 2.74. The van der Waals surface area contributed by atoms with Crippen LogP contribution < -0.4 is 0 Å². The van der Waals surface area contributed by atoms with Gasteiger partial charge in [0.2, 0.25) is 5.91 Å². The van der Waals surface area contributed by atoms with Crippen LogP contribution in [0.5, 0.6) is 0 Å². The zero-order valence-corrected chi connectivity index (χ0v) is 12.0. The molecule has 1 aliphatic heterocycles. The van der Waals surface area contributed by atoms with E-state index in [1.54, 1.807) is 17.0 Å². The number of benzene rings is 1. The van der Waals surface area contributed by atoms with Crippen LogP contribution in [0.3, 0.4) is 0 Å². The molecular formula is C17H17NO4. The van der Waals surface area contributed by atoms with Crippen molar-refractivity contribution < 1.29 is 19.1 Å². The van der Waals surface area contributed by atoms with Gasteiger partial charge in [-0.1, -0.05) is 30.3 Å². The third-order valence-electron chi connectivity index (χ3n) is 4.05. The van der Waals surface area contributed by atoms with Gasteiger partial charge in [0.25, 0.3) is 0 Å². The minimum atomic E-state index is -0.896. The molecule has 2 aromatic rings. The Kier molecular flexibility index (Phi) is 3.96. The second-order valence-electron chi connectivity index (χ2n) is 5.45. The summed E-state index contributed by atoms with van der Waals surface area (Å²) in [6, 6.07) is 12.5. The van der Waals surface area contributed by atoms with E-state index in [1.165, 1.54) is 6.26 Å². The van der Waals surface area contributed by atoms with Crippen LogP contribution in [0.1, 0.15) is 30.2 Å². The third-order valence-corrected chi connectivity index (χ3v) is 4.05. The first-order valence-corrected chi connectivity index (χ1v) is 7.26. The summed E-state index contributed by atoms with van der Waals surface area (Å²) >= 11 is 0. The average Bonchev–Trinajstić information content (AvgIpc) is 3.04. The summed E-state index contributed by atoms with van der Waals surface area (Å²) in [6.45, 7) is 0.384. The molecule has 2 atom stereocenters. The fourth-order valence-corrected chi connectivity index (χ4v) is 2.99. The first-order valence-electron chi connectivity index (χ1n) is 7.26. The van der Waals surface area contributed by atoms with E-state index in [2.05, 4.69) is 0 Å². The molecule has 2 heterocycles. The summed E-state index contributed by atoms with van der Waals surface area (Å²) in [7, 11) is 0. The van der Waals surface area contributed by atoms with Crippen molar-refractivity contribution in [3.05, 3.63) is 60.1 Å². The van der Waals surface area contributed by atoms with Crippen LogP contribution in [0.4, 0.5) is 0 Å². The zero-order valence-electron chi connectivity index (χ0n) is 12.0. The zero-order chi connectivity index (χ0) is 15.5. The molecule has 5 heteroatoms. The highest BCUT2D eigenvalue weighted by Gasteiger charge is 2.42. The Balaban J connectivity index is 1.95. The van der Waals surface area contributed by atoms with Crippen LogP contribution >= 0.6 is 0 Å². The Hall–Kier alpha value is -2.56. The number of aliphatic carboxylic acids is 1. The Bertz CT molecular complexity index is 651. The predicted octanol–water partition coefficient (Wildman–Crippen LogP) is 2.84. The molecule has 0 radical (unpaired) electrons. The van der Waals surface area contributed by atoms with E-state index in [0.29, 0.717) is 18.7 Å². The highest BCUT2D eigenvalue weighted by Crippen LogP contribution is 2.38.